The number of rotatable bonds is 6. The molecule has 0 aliphatic heterocycles. The summed E-state index contributed by atoms with van der Waals surface area (Å²) in [7, 11) is 1.45. The van der Waals surface area contributed by atoms with Gasteiger partial charge in [0, 0.05) is 12.7 Å². The van der Waals surface area contributed by atoms with Crippen molar-refractivity contribution in [1.82, 2.24) is 0 Å². The first-order valence-corrected chi connectivity index (χ1v) is 7.17. The highest BCUT2D eigenvalue weighted by Gasteiger charge is 2.27. The molecule has 0 aliphatic rings. The highest BCUT2D eigenvalue weighted by molar-refractivity contribution is 6.00. The topological polar surface area (TPSA) is 55.8 Å². The van der Waals surface area contributed by atoms with Gasteiger partial charge in [-0.25, -0.2) is 0 Å². The Balaban J connectivity index is 2.17. The Morgan fingerprint density at radius 3 is 2.30 bits per heavy atom. The van der Waals surface area contributed by atoms with Crippen LogP contribution in [0.15, 0.2) is 60.7 Å². The molecule has 0 heterocycles. The van der Waals surface area contributed by atoms with Gasteiger partial charge in [-0.15, -0.1) is 0 Å². The molecule has 0 unspecified atom stereocenters. The summed E-state index contributed by atoms with van der Waals surface area (Å²) in [6, 6.07) is 18.0. The summed E-state index contributed by atoms with van der Waals surface area (Å²) >= 11 is 0. The molecule has 0 saturated carbocycles. The Morgan fingerprint density at radius 2 is 1.70 bits per heavy atom. The standard InChI is InChI=1S/C19H18O4/c1-22-14-23-19(18(21)16-10-6-3-7-11-16)17(20)13-12-15-8-4-2-5-9-15/h2-11,18-19,21H,14H2,1H3/t18-,19+/m0/s1. The zero-order valence-electron chi connectivity index (χ0n) is 12.8. The summed E-state index contributed by atoms with van der Waals surface area (Å²) in [4.78, 5) is 12.3. The smallest absolute Gasteiger partial charge is 0.237 e. The molecule has 0 radical (unpaired) electrons. The number of benzene rings is 2. The lowest BCUT2D eigenvalue weighted by molar-refractivity contribution is -0.147. The molecule has 0 aliphatic carbocycles. The zero-order valence-corrected chi connectivity index (χ0v) is 12.8. The largest absolute Gasteiger partial charge is 0.385 e. The van der Waals surface area contributed by atoms with Gasteiger partial charge in [0.25, 0.3) is 0 Å². The quantitative estimate of drug-likeness (QED) is 0.657. The number of aliphatic hydroxyl groups excluding tert-OH is 1. The Bertz CT molecular complexity index is 671. The van der Waals surface area contributed by atoms with Gasteiger partial charge < -0.3 is 14.6 Å². The van der Waals surface area contributed by atoms with E-state index in [0.29, 0.717) is 5.56 Å². The van der Waals surface area contributed by atoms with Gasteiger partial charge in [-0.1, -0.05) is 54.5 Å². The molecule has 23 heavy (non-hydrogen) atoms. The number of carbonyl (C=O) groups excluding carboxylic acids is 1. The van der Waals surface area contributed by atoms with Gasteiger partial charge >= 0.3 is 0 Å². The highest BCUT2D eigenvalue weighted by atomic mass is 16.7. The van der Waals surface area contributed by atoms with Gasteiger partial charge in [-0.3, -0.25) is 4.79 Å². The second-order valence-corrected chi connectivity index (χ2v) is 4.83. The van der Waals surface area contributed by atoms with Crippen molar-refractivity contribution in [2.24, 2.45) is 0 Å². The van der Waals surface area contributed by atoms with Crippen LogP contribution in [0, 0.1) is 11.8 Å². The van der Waals surface area contributed by atoms with E-state index in [1.54, 1.807) is 36.4 Å². The monoisotopic (exact) mass is 310 g/mol. The van der Waals surface area contributed by atoms with Gasteiger partial charge in [0.05, 0.1) is 0 Å². The maximum absolute atomic E-state index is 12.3. The fraction of sp³-hybridized carbons (Fsp3) is 0.211. The number of hydrogen-bond donors (Lipinski definition) is 1. The molecule has 0 aromatic heterocycles. The molecular weight excluding hydrogens is 292 g/mol. The second kappa shape index (κ2) is 8.86. The minimum Gasteiger partial charge on any atom is -0.385 e. The Hall–Kier alpha value is -2.45. The summed E-state index contributed by atoms with van der Waals surface area (Å²) in [5.74, 6) is 4.81. The average molecular weight is 310 g/mol. The molecule has 0 amide bonds. The average Bonchev–Trinajstić information content (AvgIpc) is 2.61. The molecule has 118 valence electrons. The summed E-state index contributed by atoms with van der Waals surface area (Å²) in [6.07, 6.45) is -2.21. The van der Waals surface area contributed by atoms with Crippen molar-refractivity contribution >= 4 is 5.78 Å². The van der Waals surface area contributed by atoms with E-state index in [-0.39, 0.29) is 6.79 Å². The van der Waals surface area contributed by atoms with Crippen LogP contribution < -0.4 is 0 Å². The van der Waals surface area contributed by atoms with Gasteiger partial charge in [-0.2, -0.15) is 0 Å². The molecule has 2 atom stereocenters. The molecular formula is C19H18O4. The molecule has 2 aromatic rings. The third-order valence-corrected chi connectivity index (χ3v) is 3.16. The van der Waals surface area contributed by atoms with Crippen molar-refractivity contribution < 1.29 is 19.4 Å². The van der Waals surface area contributed by atoms with Crippen LogP contribution in [0.3, 0.4) is 0 Å². The number of carbonyl (C=O) groups is 1. The zero-order chi connectivity index (χ0) is 16.5. The first-order valence-electron chi connectivity index (χ1n) is 7.17. The maximum Gasteiger partial charge on any atom is 0.237 e. The van der Waals surface area contributed by atoms with E-state index < -0.39 is 18.0 Å². The minimum absolute atomic E-state index is 0.104. The van der Waals surface area contributed by atoms with Crippen molar-refractivity contribution in [2.45, 2.75) is 12.2 Å². The lowest BCUT2D eigenvalue weighted by Crippen LogP contribution is -2.31. The van der Waals surface area contributed by atoms with Crippen molar-refractivity contribution in [3.05, 3.63) is 71.8 Å². The van der Waals surface area contributed by atoms with Crippen LogP contribution in [-0.2, 0) is 14.3 Å². The Morgan fingerprint density at radius 1 is 1.09 bits per heavy atom. The first kappa shape index (κ1) is 16.9. The van der Waals surface area contributed by atoms with Crippen LogP contribution in [0.4, 0.5) is 0 Å². The van der Waals surface area contributed by atoms with Crippen LogP contribution in [0.2, 0.25) is 0 Å². The molecule has 4 nitrogen and oxygen atoms in total. The van der Waals surface area contributed by atoms with E-state index >= 15 is 0 Å². The summed E-state index contributed by atoms with van der Waals surface area (Å²) in [5, 5.41) is 10.4. The molecule has 2 aromatic carbocycles. The molecule has 4 heteroatoms. The predicted octanol–water partition coefficient (Wildman–Crippen LogP) is 2.33. The molecule has 2 rings (SSSR count). The summed E-state index contributed by atoms with van der Waals surface area (Å²) < 4.78 is 10.2. The van der Waals surface area contributed by atoms with Crippen LogP contribution in [0.1, 0.15) is 17.2 Å². The van der Waals surface area contributed by atoms with E-state index in [4.69, 9.17) is 9.47 Å². The van der Waals surface area contributed by atoms with E-state index in [1.807, 2.05) is 24.3 Å². The highest BCUT2D eigenvalue weighted by Crippen LogP contribution is 2.19. The minimum atomic E-state index is -1.11. The summed E-state index contributed by atoms with van der Waals surface area (Å²) in [5.41, 5.74) is 1.31. The van der Waals surface area contributed by atoms with Crippen molar-refractivity contribution in [3.8, 4) is 11.8 Å². The van der Waals surface area contributed by atoms with E-state index in [9.17, 15) is 9.90 Å². The molecule has 0 fully saturated rings. The van der Waals surface area contributed by atoms with Crippen molar-refractivity contribution in [3.63, 3.8) is 0 Å². The molecule has 1 N–H and O–H groups in total. The third-order valence-electron chi connectivity index (χ3n) is 3.16. The summed E-state index contributed by atoms with van der Waals surface area (Å²) in [6.45, 7) is -0.104. The third kappa shape index (κ3) is 5.04. The van der Waals surface area contributed by atoms with E-state index in [0.717, 1.165) is 5.56 Å². The fourth-order valence-electron chi connectivity index (χ4n) is 2.00. The van der Waals surface area contributed by atoms with Crippen LogP contribution >= 0.6 is 0 Å². The van der Waals surface area contributed by atoms with Gasteiger partial charge in [-0.05, 0) is 23.6 Å². The van der Waals surface area contributed by atoms with Crippen LogP contribution in [-0.4, -0.2) is 30.9 Å². The van der Waals surface area contributed by atoms with Crippen molar-refractivity contribution in [1.29, 1.82) is 0 Å². The number of ether oxygens (including phenoxy) is 2. The van der Waals surface area contributed by atoms with Gasteiger partial charge in [0.15, 0.2) is 6.10 Å². The Kier molecular flexibility index (Phi) is 6.52. The van der Waals surface area contributed by atoms with Gasteiger partial charge in [0.1, 0.15) is 12.9 Å². The number of ketones is 1. The van der Waals surface area contributed by atoms with E-state index in [2.05, 4.69) is 11.8 Å². The number of Topliss-reactive ketones (excluding diaryl/α,β-unsaturated/α-hetero) is 1. The predicted molar refractivity (Wildman–Crippen MR) is 86.5 cm³/mol. The number of hydrogen-bond acceptors (Lipinski definition) is 4. The first-order chi connectivity index (χ1) is 11.2. The van der Waals surface area contributed by atoms with Crippen molar-refractivity contribution in [2.75, 3.05) is 13.9 Å². The molecule has 0 spiro atoms. The fourth-order valence-corrected chi connectivity index (χ4v) is 2.00. The maximum atomic E-state index is 12.3. The lowest BCUT2D eigenvalue weighted by atomic mass is 10.0. The Labute approximate surface area is 135 Å². The number of methoxy groups -OCH3 is 1. The normalized spacial score (nSPS) is 12.8. The number of aliphatic hydroxyl groups is 1. The second-order valence-electron chi connectivity index (χ2n) is 4.83. The van der Waals surface area contributed by atoms with Gasteiger partial charge in [0.2, 0.25) is 5.78 Å². The lowest BCUT2D eigenvalue weighted by Gasteiger charge is -2.20. The van der Waals surface area contributed by atoms with Crippen LogP contribution in [0.5, 0.6) is 0 Å². The molecule has 0 saturated heterocycles. The van der Waals surface area contributed by atoms with Crippen LogP contribution in [0.25, 0.3) is 0 Å². The SMILES string of the molecule is COCO[C@H](C(=O)C#Cc1ccccc1)[C@@H](O)c1ccccc1. The molecule has 0 bridgehead atoms. The van der Waals surface area contributed by atoms with E-state index in [1.165, 1.54) is 7.11 Å².